The van der Waals surface area contributed by atoms with E-state index in [1.54, 1.807) is 25.2 Å². The highest BCUT2D eigenvalue weighted by Crippen LogP contribution is 2.38. The molecule has 1 amide bonds. The summed E-state index contributed by atoms with van der Waals surface area (Å²) in [6, 6.07) is 8.00. The van der Waals surface area contributed by atoms with Crippen LogP contribution in [0.5, 0.6) is 23.0 Å². The van der Waals surface area contributed by atoms with E-state index in [-0.39, 0.29) is 28.7 Å². The number of nitrogens with zero attached hydrogens (tertiary/aromatic N) is 2. The van der Waals surface area contributed by atoms with Crippen molar-refractivity contribution in [2.75, 3.05) is 48.6 Å². The van der Waals surface area contributed by atoms with Crippen molar-refractivity contribution in [1.29, 1.82) is 0 Å². The van der Waals surface area contributed by atoms with E-state index >= 15 is 0 Å². The van der Waals surface area contributed by atoms with Gasteiger partial charge in [0.1, 0.15) is 10.6 Å². The van der Waals surface area contributed by atoms with Crippen molar-refractivity contribution >= 4 is 15.9 Å². The van der Waals surface area contributed by atoms with E-state index in [0.717, 1.165) is 18.4 Å². The lowest BCUT2D eigenvalue weighted by atomic mass is 10.1. The molecule has 180 valence electrons. The Morgan fingerprint density at radius 1 is 0.909 bits per heavy atom. The first-order valence-electron chi connectivity index (χ1n) is 10.5. The molecule has 0 aliphatic carbocycles. The first kappa shape index (κ1) is 24.7. The van der Waals surface area contributed by atoms with Crippen molar-refractivity contribution in [2.45, 2.75) is 24.3 Å². The number of sulfonamides is 1. The molecule has 10 heteroatoms. The average Bonchev–Trinajstić information content (AvgIpc) is 3.38. The predicted octanol–water partition coefficient (Wildman–Crippen LogP) is 2.78. The van der Waals surface area contributed by atoms with E-state index in [0.29, 0.717) is 30.3 Å². The summed E-state index contributed by atoms with van der Waals surface area (Å²) in [5.41, 5.74) is 1.02. The van der Waals surface area contributed by atoms with Gasteiger partial charge in [-0.25, -0.2) is 8.42 Å². The van der Waals surface area contributed by atoms with Crippen LogP contribution in [0.3, 0.4) is 0 Å². The number of methoxy groups -OCH3 is 4. The summed E-state index contributed by atoms with van der Waals surface area (Å²) in [5.74, 6) is 1.31. The molecule has 0 atom stereocenters. The lowest BCUT2D eigenvalue weighted by molar-refractivity contribution is 0.0784. The molecular weight excluding hydrogens is 448 g/mol. The summed E-state index contributed by atoms with van der Waals surface area (Å²) < 4.78 is 49.1. The summed E-state index contributed by atoms with van der Waals surface area (Å²) >= 11 is 0. The van der Waals surface area contributed by atoms with Crippen LogP contribution in [0.4, 0.5) is 0 Å². The van der Waals surface area contributed by atoms with Crippen molar-refractivity contribution in [3.63, 3.8) is 0 Å². The minimum Gasteiger partial charge on any atom is -0.495 e. The Bertz CT molecular complexity index is 1090. The molecule has 0 aromatic heterocycles. The third-order valence-electron chi connectivity index (χ3n) is 5.58. The summed E-state index contributed by atoms with van der Waals surface area (Å²) in [7, 11) is 3.87. The highest BCUT2D eigenvalue weighted by Gasteiger charge is 2.31. The summed E-state index contributed by atoms with van der Waals surface area (Å²) in [6.45, 7) is 1.17. The number of hydrogen-bond donors (Lipinski definition) is 0. The Morgan fingerprint density at radius 3 is 2.00 bits per heavy atom. The number of benzene rings is 2. The number of ether oxygens (including phenoxy) is 4. The first-order chi connectivity index (χ1) is 15.8. The molecule has 33 heavy (non-hydrogen) atoms. The lowest BCUT2D eigenvalue weighted by Gasteiger charge is -2.21. The van der Waals surface area contributed by atoms with E-state index in [2.05, 4.69) is 0 Å². The number of carbonyl (C=O) groups is 1. The number of rotatable bonds is 9. The van der Waals surface area contributed by atoms with E-state index in [1.165, 1.54) is 49.8 Å². The van der Waals surface area contributed by atoms with Gasteiger partial charge in [-0.1, -0.05) is 0 Å². The van der Waals surface area contributed by atoms with Gasteiger partial charge in [-0.3, -0.25) is 4.79 Å². The van der Waals surface area contributed by atoms with Gasteiger partial charge in [0.2, 0.25) is 15.8 Å². The van der Waals surface area contributed by atoms with Crippen molar-refractivity contribution in [2.24, 2.45) is 0 Å². The molecule has 0 saturated carbocycles. The van der Waals surface area contributed by atoms with E-state index < -0.39 is 10.0 Å². The number of amides is 1. The minimum atomic E-state index is -3.76. The van der Waals surface area contributed by atoms with Gasteiger partial charge in [-0.15, -0.1) is 0 Å². The summed E-state index contributed by atoms with van der Waals surface area (Å²) in [4.78, 5) is 14.7. The largest absolute Gasteiger partial charge is 0.495 e. The van der Waals surface area contributed by atoms with Crippen LogP contribution in [0.2, 0.25) is 0 Å². The highest BCUT2D eigenvalue weighted by atomic mass is 32.2. The molecule has 3 rings (SSSR count). The molecule has 9 nitrogen and oxygen atoms in total. The Labute approximate surface area is 194 Å². The molecule has 0 bridgehead atoms. The van der Waals surface area contributed by atoms with Crippen LogP contribution >= 0.6 is 0 Å². The van der Waals surface area contributed by atoms with Gasteiger partial charge in [-0.2, -0.15) is 4.31 Å². The Balaban J connectivity index is 1.89. The SMILES string of the molecule is COc1ccc(C(=O)N(C)Cc2cc(OC)c(OC)c(OC)c2)cc1S(=O)(=O)N1CCCC1. The van der Waals surface area contributed by atoms with Gasteiger partial charge in [0.05, 0.1) is 28.4 Å². The van der Waals surface area contributed by atoms with Gasteiger partial charge >= 0.3 is 0 Å². The zero-order chi connectivity index (χ0) is 24.2. The Morgan fingerprint density at radius 2 is 1.48 bits per heavy atom. The third kappa shape index (κ3) is 5.01. The van der Waals surface area contributed by atoms with Gasteiger partial charge in [-0.05, 0) is 48.7 Å². The van der Waals surface area contributed by atoms with Crippen LogP contribution in [0.25, 0.3) is 0 Å². The van der Waals surface area contributed by atoms with Crippen molar-refractivity contribution in [3.8, 4) is 23.0 Å². The number of carbonyl (C=O) groups excluding carboxylic acids is 1. The smallest absolute Gasteiger partial charge is 0.253 e. The molecule has 1 saturated heterocycles. The second kappa shape index (κ2) is 10.3. The highest BCUT2D eigenvalue weighted by molar-refractivity contribution is 7.89. The van der Waals surface area contributed by atoms with Gasteiger partial charge < -0.3 is 23.8 Å². The fraction of sp³-hybridized carbons (Fsp3) is 0.435. The average molecular weight is 479 g/mol. The quantitative estimate of drug-likeness (QED) is 0.547. The van der Waals surface area contributed by atoms with Crippen LogP contribution in [-0.4, -0.2) is 72.1 Å². The van der Waals surface area contributed by atoms with E-state index in [9.17, 15) is 13.2 Å². The second-order valence-corrected chi connectivity index (χ2v) is 9.58. The van der Waals surface area contributed by atoms with Crippen LogP contribution in [0.15, 0.2) is 35.2 Å². The van der Waals surface area contributed by atoms with Crippen LogP contribution < -0.4 is 18.9 Å². The second-order valence-electron chi connectivity index (χ2n) is 7.67. The molecule has 0 spiro atoms. The monoisotopic (exact) mass is 478 g/mol. The molecule has 2 aromatic rings. The third-order valence-corrected chi connectivity index (χ3v) is 7.50. The minimum absolute atomic E-state index is 0.000985. The van der Waals surface area contributed by atoms with Gasteiger partial charge in [0, 0.05) is 32.2 Å². The molecule has 1 aliphatic rings. The maximum atomic E-state index is 13.2. The molecule has 0 radical (unpaired) electrons. The molecule has 1 aliphatic heterocycles. The Kier molecular flexibility index (Phi) is 7.70. The zero-order valence-electron chi connectivity index (χ0n) is 19.6. The molecule has 0 unspecified atom stereocenters. The molecule has 1 fully saturated rings. The van der Waals surface area contributed by atoms with E-state index in [4.69, 9.17) is 18.9 Å². The normalized spacial score (nSPS) is 14.1. The maximum absolute atomic E-state index is 13.2. The molecule has 1 heterocycles. The van der Waals surface area contributed by atoms with Gasteiger partial charge in [0.15, 0.2) is 11.5 Å². The topological polar surface area (TPSA) is 94.6 Å². The lowest BCUT2D eigenvalue weighted by Crippen LogP contribution is -2.29. The van der Waals surface area contributed by atoms with Crippen LogP contribution in [-0.2, 0) is 16.6 Å². The molecular formula is C23H30N2O7S. The van der Waals surface area contributed by atoms with Crippen molar-refractivity contribution < 1.29 is 32.2 Å². The summed E-state index contributed by atoms with van der Waals surface area (Å²) in [6.07, 6.45) is 1.63. The Hall–Kier alpha value is -2.98. The molecule has 2 aromatic carbocycles. The predicted molar refractivity (Wildman–Crippen MR) is 123 cm³/mol. The van der Waals surface area contributed by atoms with E-state index in [1.807, 2.05) is 0 Å². The van der Waals surface area contributed by atoms with Crippen molar-refractivity contribution in [3.05, 3.63) is 41.5 Å². The number of hydrogen-bond acceptors (Lipinski definition) is 7. The standard InChI is InChI=1S/C23H30N2O7S/c1-24(15-16-12-19(30-3)22(32-5)20(13-16)31-4)23(26)17-8-9-18(29-2)21(14-17)33(27,28)25-10-6-7-11-25/h8-9,12-14H,6-7,10-11,15H2,1-5H3. The van der Waals surface area contributed by atoms with Crippen LogP contribution in [0.1, 0.15) is 28.8 Å². The zero-order valence-corrected chi connectivity index (χ0v) is 20.4. The maximum Gasteiger partial charge on any atom is 0.253 e. The molecule has 0 N–H and O–H groups in total. The van der Waals surface area contributed by atoms with Crippen molar-refractivity contribution in [1.82, 2.24) is 9.21 Å². The first-order valence-corrected chi connectivity index (χ1v) is 11.9. The summed E-state index contributed by atoms with van der Waals surface area (Å²) in [5, 5.41) is 0. The fourth-order valence-electron chi connectivity index (χ4n) is 3.87. The van der Waals surface area contributed by atoms with Gasteiger partial charge in [0.25, 0.3) is 5.91 Å². The van der Waals surface area contributed by atoms with Crippen LogP contribution in [0, 0.1) is 0 Å². The fourth-order valence-corrected chi connectivity index (χ4v) is 5.57.